The Morgan fingerprint density at radius 2 is 1.80 bits per heavy atom. The zero-order valence-electron chi connectivity index (χ0n) is 21.4. The Morgan fingerprint density at radius 1 is 1.12 bits per heavy atom. The molecule has 41 heavy (non-hydrogen) atoms. The Morgan fingerprint density at radius 3 is 2.44 bits per heavy atom. The molecule has 1 aliphatic heterocycles. The fourth-order valence-corrected chi connectivity index (χ4v) is 4.57. The maximum atomic E-state index is 12.2. The molecule has 2 atom stereocenters. The van der Waals surface area contributed by atoms with Gasteiger partial charge in [-0.15, -0.1) is 10.1 Å². The highest BCUT2D eigenvalue weighted by Gasteiger charge is 2.45. The number of para-hydroxylation sites is 1. The van der Waals surface area contributed by atoms with Crippen LogP contribution in [0.5, 0.6) is 5.75 Å². The Hall–Kier alpha value is -4.36. The molecular weight excluding hydrogens is 577 g/mol. The average Bonchev–Trinajstić information content (AvgIpc) is 3.59. The van der Waals surface area contributed by atoms with Gasteiger partial charge in [0.15, 0.2) is 0 Å². The van der Waals surface area contributed by atoms with Gasteiger partial charge < -0.3 is 34.6 Å². The van der Waals surface area contributed by atoms with E-state index in [9.17, 15) is 4.79 Å². The first-order valence-corrected chi connectivity index (χ1v) is 12.9. The summed E-state index contributed by atoms with van der Waals surface area (Å²) in [6.07, 6.45) is 4.87. The number of nitrogens with zero attached hydrogens (tertiary/aromatic N) is 3. The van der Waals surface area contributed by atoms with Crippen molar-refractivity contribution in [3.05, 3.63) is 117 Å². The summed E-state index contributed by atoms with van der Waals surface area (Å²) < 4.78 is 20.4. The maximum Gasteiger partial charge on any atom is 0.323 e. The molecule has 5 rings (SSSR count). The van der Waals surface area contributed by atoms with Crippen LogP contribution in [0.15, 0.2) is 91.5 Å². The van der Waals surface area contributed by atoms with E-state index in [1.54, 1.807) is 48.9 Å². The largest absolute Gasteiger partial charge is 0.491 e. The zero-order chi connectivity index (χ0) is 29.2. The molecule has 0 spiro atoms. The normalized spacial score (nSPS) is 17.7. The molecular formula is C27H25Cl2N5O7. The molecule has 2 heterocycles. The molecule has 1 saturated heterocycles. The van der Waals surface area contributed by atoms with E-state index in [4.69, 9.17) is 52.7 Å². The zero-order valence-corrected chi connectivity index (χ0v) is 22.9. The van der Waals surface area contributed by atoms with Crippen molar-refractivity contribution in [1.29, 1.82) is 0 Å². The highest BCUT2D eigenvalue weighted by molar-refractivity contribution is 6.35. The van der Waals surface area contributed by atoms with E-state index in [2.05, 4.69) is 15.6 Å². The lowest BCUT2D eigenvalue weighted by atomic mass is 10.1. The fourth-order valence-electron chi connectivity index (χ4n) is 4.01. The standard InChI is InChI=1S/C27H24Cl2N4O4.HNO3/c28-19-6-11-24(25(29)14-19)27(17-33-13-12-30-18-33)36-16-23(37-27)15-35-22-9-7-21(8-10-22)32-26(34)31-20-4-2-1-3-5-20;2-1(3)4/h1-14,18,23H,15-17H2,(H2,31,32,34);(H,2,3,4). The second kappa shape index (κ2) is 13.8. The van der Waals surface area contributed by atoms with Crippen LogP contribution in [0.1, 0.15) is 5.56 Å². The van der Waals surface area contributed by atoms with Crippen LogP contribution >= 0.6 is 23.2 Å². The number of nitrogens with one attached hydrogen (secondary N) is 2. The van der Waals surface area contributed by atoms with Gasteiger partial charge in [-0.2, -0.15) is 0 Å². The second-order valence-electron chi connectivity index (χ2n) is 8.68. The van der Waals surface area contributed by atoms with Gasteiger partial charge in [0.05, 0.1) is 24.5 Å². The summed E-state index contributed by atoms with van der Waals surface area (Å²) in [6, 6.07) is 21.2. The van der Waals surface area contributed by atoms with Crippen molar-refractivity contribution in [3.8, 4) is 5.75 Å². The Bertz CT molecular complexity index is 1440. The summed E-state index contributed by atoms with van der Waals surface area (Å²) in [4.78, 5) is 24.7. The maximum absolute atomic E-state index is 12.2. The molecule has 214 valence electrons. The van der Waals surface area contributed by atoms with Crippen molar-refractivity contribution in [2.24, 2.45) is 0 Å². The van der Waals surface area contributed by atoms with Gasteiger partial charge in [-0.05, 0) is 48.5 Å². The van der Waals surface area contributed by atoms with Crippen molar-refractivity contribution in [2.75, 3.05) is 23.8 Å². The van der Waals surface area contributed by atoms with Crippen molar-refractivity contribution in [2.45, 2.75) is 18.4 Å². The molecule has 12 nitrogen and oxygen atoms in total. The molecule has 3 N–H and O–H groups in total. The lowest BCUT2D eigenvalue weighted by Crippen LogP contribution is -2.34. The van der Waals surface area contributed by atoms with Crippen LogP contribution < -0.4 is 15.4 Å². The summed E-state index contributed by atoms with van der Waals surface area (Å²) in [7, 11) is 0. The van der Waals surface area contributed by atoms with Gasteiger partial charge in [0.1, 0.15) is 18.5 Å². The number of anilines is 2. The molecule has 1 aromatic heterocycles. The number of aromatic nitrogens is 2. The minimum Gasteiger partial charge on any atom is -0.491 e. The van der Waals surface area contributed by atoms with Crippen molar-refractivity contribution < 1.29 is 29.3 Å². The van der Waals surface area contributed by atoms with E-state index < -0.39 is 10.9 Å². The van der Waals surface area contributed by atoms with Crippen molar-refractivity contribution in [3.63, 3.8) is 0 Å². The molecule has 0 radical (unpaired) electrons. The van der Waals surface area contributed by atoms with E-state index in [-0.39, 0.29) is 18.7 Å². The monoisotopic (exact) mass is 601 g/mol. The number of halogens is 2. The van der Waals surface area contributed by atoms with E-state index in [0.29, 0.717) is 45.9 Å². The number of ether oxygens (including phenoxy) is 3. The van der Waals surface area contributed by atoms with Crippen molar-refractivity contribution in [1.82, 2.24) is 9.55 Å². The van der Waals surface area contributed by atoms with Crippen LogP contribution in [0.2, 0.25) is 10.0 Å². The molecule has 1 aliphatic rings. The SMILES string of the molecule is O=C(Nc1ccccc1)Nc1ccc(OCC2COC(Cn3ccnc3)(c3ccc(Cl)cc3Cl)O2)cc1.O=[N+]([O-])O. The number of urea groups is 1. The summed E-state index contributed by atoms with van der Waals surface area (Å²) in [6.45, 7) is 0.932. The van der Waals surface area contributed by atoms with Gasteiger partial charge >= 0.3 is 6.03 Å². The molecule has 1 fully saturated rings. The first-order chi connectivity index (χ1) is 19.7. The summed E-state index contributed by atoms with van der Waals surface area (Å²) >= 11 is 12.6. The molecule has 3 aromatic carbocycles. The number of benzene rings is 3. The average molecular weight is 602 g/mol. The summed E-state index contributed by atoms with van der Waals surface area (Å²) in [5, 5.41) is 20.2. The number of hydrogen-bond acceptors (Lipinski definition) is 7. The Labute approximate surface area is 244 Å². The van der Waals surface area contributed by atoms with Crippen LogP contribution in [0, 0.1) is 10.1 Å². The Balaban J connectivity index is 0.000000909. The lowest BCUT2D eigenvalue weighted by molar-refractivity contribution is -0.742. The number of imidazole rings is 1. The van der Waals surface area contributed by atoms with E-state index >= 15 is 0 Å². The van der Waals surface area contributed by atoms with E-state index in [0.717, 1.165) is 0 Å². The smallest absolute Gasteiger partial charge is 0.323 e. The number of amides is 2. The third-order valence-electron chi connectivity index (χ3n) is 5.73. The molecule has 0 bridgehead atoms. The first-order valence-electron chi connectivity index (χ1n) is 12.1. The van der Waals surface area contributed by atoms with Crippen LogP contribution in [0.3, 0.4) is 0 Å². The van der Waals surface area contributed by atoms with Gasteiger partial charge in [-0.1, -0.05) is 47.5 Å². The van der Waals surface area contributed by atoms with Gasteiger partial charge in [-0.3, -0.25) is 0 Å². The highest BCUT2D eigenvalue weighted by Crippen LogP contribution is 2.40. The minimum atomic E-state index is -1.50. The number of carbonyl (C=O) groups is 1. The predicted octanol–water partition coefficient (Wildman–Crippen LogP) is 5.83. The van der Waals surface area contributed by atoms with Crippen molar-refractivity contribution >= 4 is 40.6 Å². The van der Waals surface area contributed by atoms with E-state index in [1.807, 2.05) is 47.2 Å². The second-order valence-corrected chi connectivity index (χ2v) is 9.52. The summed E-state index contributed by atoms with van der Waals surface area (Å²) in [5.74, 6) is -0.481. The number of hydrogen-bond donors (Lipinski definition) is 3. The third kappa shape index (κ3) is 8.56. The van der Waals surface area contributed by atoms with Crippen LogP contribution in [0.25, 0.3) is 0 Å². The van der Waals surface area contributed by atoms with Gasteiger partial charge in [0.25, 0.3) is 5.09 Å². The van der Waals surface area contributed by atoms with Crippen LogP contribution in [-0.4, -0.2) is 45.2 Å². The predicted molar refractivity (Wildman–Crippen MR) is 151 cm³/mol. The quantitative estimate of drug-likeness (QED) is 0.168. The third-order valence-corrected chi connectivity index (χ3v) is 6.28. The molecule has 0 aliphatic carbocycles. The lowest BCUT2D eigenvalue weighted by Gasteiger charge is -2.30. The highest BCUT2D eigenvalue weighted by atomic mass is 35.5. The van der Waals surface area contributed by atoms with Gasteiger partial charge in [-0.25, -0.2) is 9.78 Å². The topological polar surface area (TPSA) is 150 Å². The summed E-state index contributed by atoms with van der Waals surface area (Å²) in [5.41, 5.74) is 2.03. The Kier molecular flexibility index (Phi) is 9.98. The molecule has 2 unspecified atom stereocenters. The molecule has 0 saturated carbocycles. The molecule has 14 heteroatoms. The number of rotatable bonds is 8. The molecule has 4 aromatic rings. The van der Waals surface area contributed by atoms with Crippen LogP contribution in [-0.2, 0) is 21.8 Å². The van der Waals surface area contributed by atoms with E-state index in [1.165, 1.54) is 0 Å². The van der Waals surface area contributed by atoms with Crippen LogP contribution in [0.4, 0.5) is 16.2 Å². The van der Waals surface area contributed by atoms with Gasteiger partial charge in [0.2, 0.25) is 5.79 Å². The first kappa shape index (κ1) is 29.6. The molecule has 2 amide bonds. The minimum absolute atomic E-state index is 0.262. The fraction of sp³-hybridized carbons (Fsp3) is 0.185. The van der Waals surface area contributed by atoms with Gasteiger partial charge in [0, 0.05) is 34.4 Å². The number of carbonyl (C=O) groups excluding carboxylic acids is 1.